The van der Waals surface area contributed by atoms with Gasteiger partial charge in [0, 0.05) is 11.1 Å². The Kier molecular flexibility index (Phi) is 14.1. The molecule has 0 aliphatic rings. The number of carbonyl (C=O) groups is 3. The number of hydrogen-bond donors (Lipinski definition) is 1. The molecule has 0 aromatic carbocycles. The first kappa shape index (κ1) is 30.8. The first-order chi connectivity index (χ1) is 13.3. The van der Waals surface area contributed by atoms with E-state index in [1.807, 2.05) is 6.92 Å². The molecule has 0 fully saturated rings. The molecule has 0 saturated heterocycles. The summed E-state index contributed by atoms with van der Waals surface area (Å²) in [6.45, 7) is 11.3. The van der Waals surface area contributed by atoms with Gasteiger partial charge in [-0.25, -0.2) is 9.59 Å². The van der Waals surface area contributed by atoms with E-state index in [2.05, 4.69) is 13.2 Å². The third-order valence-corrected chi connectivity index (χ3v) is 5.21. The average Bonchev–Trinajstić information content (AvgIpc) is 2.63. The fourth-order valence-electron chi connectivity index (χ4n) is 2.01. The second kappa shape index (κ2) is 13.8. The molecule has 0 aliphatic carbocycles. The summed E-state index contributed by atoms with van der Waals surface area (Å²) in [5.41, 5.74) is -1.33. The minimum Gasteiger partial charge on any atom is -1.00 e. The molecule has 1 unspecified atom stereocenters. The molecule has 170 valence electrons. The number of rotatable bonds is 13. The van der Waals surface area contributed by atoms with Crippen LogP contribution >= 0.6 is 0 Å². The van der Waals surface area contributed by atoms with Gasteiger partial charge in [-0.05, 0) is 27.2 Å². The molecule has 1 N–H and O–H groups in total. The van der Waals surface area contributed by atoms with Crippen LogP contribution in [0.5, 0.6) is 0 Å². The number of ether oxygens (including phenoxy) is 3. The van der Waals surface area contributed by atoms with Crippen molar-refractivity contribution in [3.05, 3.63) is 24.3 Å². The van der Waals surface area contributed by atoms with E-state index in [-0.39, 0.29) is 43.5 Å². The van der Waals surface area contributed by atoms with Gasteiger partial charge in [-0.1, -0.05) is 32.9 Å². The van der Waals surface area contributed by atoms with Gasteiger partial charge in [0.2, 0.25) is 0 Å². The fraction of sp³-hybridized carbons (Fsp3) is 0.632. The van der Waals surface area contributed by atoms with Crippen molar-refractivity contribution in [3.8, 4) is 0 Å². The van der Waals surface area contributed by atoms with Gasteiger partial charge < -0.3 is 17.1 Å². The van der Waals surface area contributed by atoms with E-state index < -0.39 is 58.5 Å². The minimum atomic E-state index is -4.41. The van der Waals surface area contributed by atoms with Crippen LogP contribution in [0.3, 0.4) is 0 Å². The van der Waals surface area contributed by atoms with E-state index in [1.165, 1.54) is 20.8 Å². The minimum absolute atomic E-state index is 0. The van der Waals surface area contributed by atoms with Crippen molar-refractivity contribution in [3.63, 3.8) is 0 Å². The van der Waals surface area contributed by atoms with Crippen LogP contribution in [0.25, 0.3) is 0 Å². The molecular formula is C19H32MgO9S. The van der Waals surface area contributed by atoms with Crippen LogP contribution in [0.1, 0.15) is 49.8 Å². The molecule has 1 atom stereocenters. The van der Waals surface area contributed by atoms with Gasteiger partial charge in [-0.3, -0.25) is 9.35 Å². The maximum Gasteiger partial charge on any atom is 2.00 e. The summed E-state index contributed by atoms with van der Waals surface area (Å²) >= 11 is 0. The molecule has 0 saturated carbocycles. The zero-order chi connectivity index (χ0) is 22.8. The molecule has 0 aliphatic heterocycles. The Morgan fingerprint density at radius 1 is 1.03 bits per heavy atom. The van der Waals surface area contributed by atoms with E-state index in [4.69, 9.17) is 18.8 Å². The van der Waals surface area contributed by atoms with E-state index in [0.29, 0.717) is 12.8 Å². The summed E-state index contributed by atoms with van der Waals surface area (Å²) in [6, 6.07) is 0. The topological polar surface area (TPSA) is 133 Å². The third kappa shape index (κ3) is 10.6. The second-order valence-corrected chi connectivity index (χ2v) is 8.86. The summed E-state index contributed by atoms with van der Waals surface area (Å²) in [6.07, 6.45) is 1.34. The van der Waals surface area contributed by atoms with Gasteiger partial charge in [-0.15, -0.1) is 0 Å². The van der Waals surface area contributed by atoms with Crippen molar-refractivity contribution >= 4 is 51.1 Å². The van der Waals surface area contributed by atoms with Crippen LogP contribution in [-0.4, -0.2) is 79.0 Å². The number of unbranched alkanes of at least 4 members (excludes halogenated alkanes) is 1. The Bertz CT molecular complexity index is 724. The molecule has 0 heterocycles. The molecule has 0 aromatic rings. The summed E-state index contributed by atoms with van der Waals surface area (Å²) in [5, 5.41) is -1.36. The van der Waals surface area contributed by atoms with E-state index in [1.54, 1.807) is 0 Å². The van der Waals surface area contributed by atoms with Crippen molar-refractivity contribution in [2.24, 2.45) is 5.41 Å². The predicted molar refractivity (Wildman–Crippen MR) is 113 cm³/mol. The third-order valence-electron chi connectivity index (χ3n) is 4.06. The van der Waals surface area contributed by atoms with Crippen molar-refractivity contribution in [2.75, 3.05) is 19.8 Å². The van der Waals surface area contributed by atoms with Crippen molar-refractivity contribution in [1.29, 1.82) is 0 Å². The Labute approximate surface area is 197 Å². The molecular weight excluding hydrogens is 429 g/mol. The van der Waals surface area contributed by atoms with E-state index in [0.717, 1.165) is 0 Å². The van der Waals surface area contributed by atoms with E-state index >= 15 is 0 Å². The maximum absolute atomic E-state index is 12.8. The number of hydrogen-bond acceptors (Lipinski definition) is 8. The fourth-order valence-corrected chi connectivity index (χ4v) is 2.25. The Morgan fingerprint density at radius 2 is 1.47 bits per heavy atom. The zero-order valence-corrected chi connectivity index (χ0v) is 20.3. The van der Waals surface area contributed by atoms with Crippen LogP contribution in [-0.2, 0) is 38.7 Å². The zero-order valence-electron chi connectivity index (χ0n) is 20.1. The van der Waals surface area contributed by atoms with Crippen LogP contribution in [0.2, 0.25) is 0 Å². The van der Waals surface area contributed by atoms with Gasteiger partial charge in [0.25, 0.3) is 10.1 Å². The number of esters is 3. The molecule has 0 bridgehead atoms. The van der Waals surface area contributed by atoms with Crippen molar-refractivity contribution < 1.29 is 44.4 Å². The molecule has 9 nitrogen and oxygen atoms in total. The summed E-state index contributed by atoms with van der Waals surface area (Å²) < 4.78 is 46.7. The summed E-state index contributed by atoms with van der Waals surface area (Å²) in [4.78, 5) is 36.5. The van der Waals surface area contributed by atoms with Crippen molar-refractivity contribution in [2.45, 2.75) is 52.2 Å². The van der Waals surface area contributed by atoms with Crippen molar-refractivity contribution in [1.82, 2.24) is 0 Å². The molecule has 0 aromatic heterocycles. The molecule has 30 heavy (non-hydrogen) atoms. The van der Waals surface area contributed by atoms with Crippen LogP contribution < -0.4 is 0 Å². The SMILES string of the molecule is C=C(C)C(=O)OCC(CCCC)(COC(=O)C(=C)C)C(=O)OCC(C)S(=O)(=O)O.[H-].[H-].[Mg+2]. The molecule has 0 rings (SSSR count). The Hall–Kier alpha value is -1.43. The monoisotopic (exact) mass is 460 g/mol. The van der Waals surface area contributed by atoms with E-state index in [9.17, 15) is 22.8 Å². The van der Waals surface area contributed by atoms with Crippen LogP contribution in [0, 0.1) is 5.41 Å². The molecule has 0 amide bonds. The average molecular weight is 461 g/mol. The van der Waals surface area contributed by atoms with Gasteiger partial charge in [0.05, 0.1) is 0 Å². The van der Waals surface area contributed by atoms with Gasteiger partial charge in [-0.2, -0.15) is 8.42 Å². The van der Waals surface area contributed by atoms with Crippen LogP contribution in [0.4, 0.5) is 0 Å². The molecule has 11 heteroatoms. The second-order valence-electron chi connectivity index (χ2n) is 7.02. The predicted octanol–water partition coefficient (Wildman–Crippen LogP) is 2.07. The normalized spacial score (nSPS) is 12.2. The molecule has 0 spiro atoms. The smallest absolute Gasteiger partial charge is 1.00 e. The number of carbonyl (C=O) groups excluding carboxylic acids is 3. The summed E-state index contributed by atoms with van der Waals surface area (Å²) in [7, 11) is -4.41. The van der Waals surface area contributed by atoms with Gasteiger partial charge in [0.1, 0.15) is 30.5 Å². The Balaban J connectivity index is -0.00000131. The largest absolute Gasteiger partial charge is 2.00 e. The first-order valence-electron chi connectivity index (χ1n) is 9.05. The standard InChI is InChI=1S/C19H30O9S.Mg.2H/c1-7-8-9-19(11-27-16(20)13(2)3,12-28-17(21)14(4)5)18(22)26-10-15(6)29(23,24)25;;;/h15H,2,4,7-12H2,1,3,5-6H3,(H,23,24,25);;;/q;+2;2*-1. The first-order valence-corrected chi connectivity index (χ1v) is 10.6. The van der Waals surface area contributed by atoms with Gasteiger partial charge in [0.15, 0.2) is 0 Å². The quantitative estimate of drug-likeness (QED) is 0.144. The maximum atomic E-state index is 12.8. The summed E-state index contributed by atoms with van der Waals surface area (Å²) in [5.74, 6) is -2.39. The van der Waals surface area contributed by atoms with Gasteiger partial charge >= 0.3 is 41.0 Å². The Morgan fingerprint density at radius 3 is 1.80 bits per heavy atom. The van der Waals surface area contributed by atoms with Crippen LogP contribution in [0.15, 0.2) is 24.3 Å². The molecule has 0 radical (unpaired) electrons.